The molecule has 0 bridgehead atoms. The fraction of sp³-hybridized carbons (Fsp3) is 0.360. The molecule has 0 radical (unpaired) electrons. The van der Waals surface area contributed by atoms with Crippen LogP contribution in [0.1, 0.15) is 74.5 Å². The second-order valence-electron chi connectivity index (χ2n) is 8.57. The van der Waals surface area contributed by atoms with Gasteiger partial charge in [-0.05, 0) is 50.3 Å². The number of aromatic nitrogens is 4. The van der Waals surface area contributed by atoms with Crippen LogP contribution in [-0.4, -0.2) is 25.3 Å². The Morgan fingerprint density at radius 1 is 1.18 bits per heavy atom. The fourth-order valence-corrected chi connectivity index (χ4v) is 3.94. The molecule has 33 heavy (non-hydrogen) atoms. The van der Waals surface area contributed by atoms with E-state index < -0.39 is 0 Å². The lowest BCUT2D eigenvalue weighted by Gasteiger charge is -2.11. The Bertz CT molecular complexity index is 1290. The lowest BCUT2D eigenvalue weighted by Crippen LogP contribution is -2.20. The lowest BCUT2D eigenvalue weighted by molar-refractivity contribution is 0.0945. The van der Waals surface area contributed by atoms with Gasteiger partial charge in [0.1, 0.15) is 12.1 Å². The highest BCUT2D eigenvalue weighted by atomic mass is 16.3. The summed E-state index contributed by atoms with van der Waals surface area (Å²) in [4.78, 5) is 36.2. The Kier molecular flexibility index (Phi) is 6.84. The highest BCUT2D eigenvalue weighted by molar-refractivity contribution is 5.91. The summed E-state index contributed by atoms with van der Waals surface area (Å²) in [7, 11) is 0. The first-order chi connectivity index (χ1) is 15.9. The monoisotopic (exact) mass is 447 g/mol. The summed E-state index contributed by atoms with van der Waals surface area (Å²) in [6.45, 7) is 3.99. The zero-order chi connectivity index (χ0) is 23.4. The molecule has 1 atom stereocenters. The second-order valence-corrected chi connectivity index (χ2v) is 8.57. The van der Waals surface area contributed by atoms with Gasteiger partial charge in [0, 0.05) is 29.6 Å². The summed E-state index contributed by atoms with van der Waals surface area (Å²) in [5.74, 6) is 0.837. The molecule has 4 aromatic rings. The summed E-state index contributed by atoms with van der Waals surface area (Å²) in [5.41, 5.74) is 8.17. The number of ketones is 1. The molecule has 172 valence electrons. The van der Waals surface area contributed by atoms with Gasteiger partial charge in [-0.15, -0.1) is 0 Å². The molecule has 0 unspecified atom stereocenters. The van der Waals surface area contributed by atoms with E-state index in [0.29, 0.717) is 11.8 Å². The van der Waals surface area contributed by atoms with Crippen molar-refractivity contribution in [1.82, 2.24) is 19.5 Å². The summed E-state index contributed by atoms with van der Waals surface area (Å²) in [6.07, 6.45) is 10.3. The molecule has 0 fully saturated rings. The smallest absolute Gasteiger partial charge is 0.263 e. The maximum Gasteiger partial charge on any atom is 0.263 e. The third kappa shape index (κ3) is 5.12. The molecule has 0 aliphatic rings. The van der Waals surface area contributed by atoms with E-state index in [-0.39, 0.29) is 29.3 Å². The molecule has 0 spiro atoms. The minimum Gasteiger partial charge on any atom is -0.442 e. The molecular formula is C25H29N5O3. The number of fused-ring (bicyclic) bond motifs is 1. The van der Waals surface area contributed by atoms with E-state index in [1.807, 2.05) is 44.3 Å². The first kappa shape index (κ1) is 22.7. The number of carbonyl (C=O) groups excluding carboxylic acids is 1. The Balaban J connectivity index is 1.34. The topological polar surface area (TPSA) is 120 Å². The van der Waals surface area contributed by atoms with Crippen molar-refractivity contribution in [2.75, 3.05) is 0 Å². The van der Waals surface area contributed by atoms with Crippen LogP contribution in [0.15, 0.2) is 58.3 Å². The van der Waals surface area contributed by atoms with E-state index in [9.17, 15) is 9.59 Å². The number of nitrogens with one attached hydrogen (secondary N) is 1. The van der Waals surface area contributed by atoms with Crippen LogP contribution >= 0.6 is 0 Å². The number of nitrogens with zero attached hydrogens (tertiary/aromatic N) is 3. The minimum absolute atomic E-state index is 0.0171. The quantitative estimate of drug-likeness (QED) is 0.266. The van der Waals surface area contributed by atoms with E-state index in [1.165, 1.54) is 12.5 Å². The predicted molar refractivity (Wildman–Crippen MR) is 127 cm³/mol. The molecule has 0 aliphatic heterocycles. The van der Waals surface area contributed by atoms with Crippen LogP contribution in [0.5, 0.6) is 0 Å². The van der Waals surface area contributed by atoms with Crippen LogP contribution < -0.4 is 11.3 Å². The number of carbonyl (C=O) groups is 1. The average Bonchev–Trinajstić information content (AvgIpc) is 3.51. The van der Waals surface area contributed by atoms with E-state index in [4.69, 9.17) is 10.2 Å². The SMILES string of the molecule is CC(C)n1ccc2cc(-c3cnc([C@@H](N)CCCCCC(=O)c4ncco4)[nH]3)ccc2c1=O. The number of hydrogen-bond donors (Lipinski definition) is 2. The molecule has 3 aromatic heterocycles. The van der Waals surface area contributed by atoms with Gasteiger partial charge in [0.05, 0.1) is 24.1 Å². The highest BCUT2D eigenvalue weighted by Gasteiger charge is 2.14. The number of oxazole rings is 1. The normalized spacial score (nSPS) is 12.5. The first-order valence-corrected chi connectivity index (χ1v) is 11.3. The summed E-state index contributed by atoms with van der Waals surface area (Å²) in [6, 6.07) is 7.67. The fourth-order valence-electron chi connectivity index (χ4n) is 3.94. The van der Waals surface area contributed by atoms with Crippen molar-refractivity contribution in [2.24, 2.45) is 5.73 Å². The number of nitrogens with two attached hydrogens (primary N) is 1. The molecule has 0 saturated heterocycles. The third-order valence-corrected chi connectivity index (χ3v) is 5.84. The van der Waals surface area contributed by atoms with Crippen LogP contribution in [0.2, 0.25) is 0 Å². The van der Waals surface area contributed by atoms with E-state index in [0.717, 1.165) is 48.2 Å². The highest BCUT2D eigenvalue weighted by Crippen LogP contribution is 2.24. The molecule has 8 nitrogen and oxygen atoms in total. The van der Waals surface area contributed by atoms with Gasteiger partial charge in [-0.1, -0.05) is 18.9 Å². The van der Waals surface area contributed by atoms with Gasteiger partial charge >= 0.3 is 0 Å². The maximum atomic E-state index is 12.7. The number of benzene rings is 1. The van der Waals surface area contributed by atoms with Crippen molar-refractivity contribution in [1.29, 1.82) is 0 Å². The van der Waals surface area contributed by atoms with Crippen LogP contribution in [0.4, 0.5) is 0 Å². The molecule has 4 rings (SSSR count). The van der Waals surface area contributed by atoms with Gasteiger partial charge in [-0.3, -0.25) is 9.59 Å². The molecular weight excluding hydrogens is 418 g/mol. The Morgan fingerprint density at radius 2 is 2.03 bits per heavy atom. The summed E-state index contributed by atoms with van der Waals surface area (Å²) in [5, 5.41) is 1.60. The Morgan fingerprint density at radius 3 is 2.79 bits per heavy atom. The van der Waals surface area contributed by atoms with Gasteiger partial charge in [-0.2, -0.15) is 0 Å². The van der Waals surface area contributed by atoms with Gasteiger partial charge < -0.3 is 19.7 Å². The molecule has 1 aromatic carbocycles. The molecule has 3 heterocycles. The van der Waals surface area contributed by atoms with Crippen molar-refractivity contribution in [2.45, 2.75) is 58.0 Å². The van der Waals surface area contributed by atoms with Gasteiger partial charge in [0.2, 0.25) is 5.78 Å². The van der Waals surface area contributed by atoms with Crippen LogP contribution in [-0.2, 0) is 0 Å². The Labute approximate surface area is 191 Å². The summed E-state index contributed by atoms with van der Waals surface area (Å²) >= 11 is 0. The molecule has 3 N–H and O–H groups in total. The van der Waals surface area contributed by atoms with E-state index in [1.54, 1.807) is 10.8 Å². The number of rotatable bonds is 10. The predicted octanol–water partition coefficient (Wildman–Crippen LogP) is 4.79. The number of Topliss-reactive ketones (excluding diaryl/α,β-unsaturated/α-hetero) is 1. The van der Waals surface area contributed by atoms with Crippen molar-refractivity contribution < 1.29 is 9.21 Å². The zero-order valence-corrected chi connectivity index (χ0v) is 19.0. The third-order valence-electron chi connectivity index (χ3n) is 5.84. The number of unbranched alkanes of at least 4 members (excludes halogenated alkanes) is 2. The van der Waals surface area contributed by atoms with Gasteiger partial charge in [0.15, 0.2) is 0 Å². The van der Waals surface area contributed by atoms with Crippen LogP contribution in [0.3, 0.4) is 0 Å². The minimum atomic E-state index is -0.208. The second kappa shape index (κ2) is 9.95. The molecule has 0 saturated carbocycles. The average molecular weight is 448 g/mol. The standard InChI is InChI=1S/C25H29N5O3/c1-16(2)30-12-10-17-14-18(8-9-19(17)25(30)32)21-15-28-23(29-21)20(26)6-4-3-5-7-22(31)24-27-11-13-33-24/h8-16,20H,3-7,26H2,1-2H3,(H,28,29)/t20-/m0/s1. The van der Waals surface area contributed by atoms with Crippen LogP contribution in [0.25, 0.3) is 22.0 Å². The van der Waals surface area contributed by atoms with E-state index in [2.05, 4.69) is 15.0 Å². The molecule has 8 heteroatoms. The number of hydrogen-bond acceptors (Lipinski definition) is 6. The largest absolute Gasteiger partial charge is 0.442 e. The molecule has 0 aliphatic carbocycles. The summed E-state index contributed by atoms with van der Waals surface area (Å²) < 4.78 is 6.76. The number of H-pyrrole nitrogens is 1. The van der Waals surface area contributed by atoms with Crippen LogP contribution in [0, 0.1) is 0 Å². The number of pyridine rings is 1. The first-order valence-electron chi connectivity index (χ1n) is 11.3. The number of imidazole rings is 1. The Hall–Kier alpha value is -3.52. The van der Waals surface area contributed by atoms with E-state index >= 15 is 0 Å². The lowest BCUT2D eigenvalue weighted by atomic mass is 10.1. The molecule has 0 amide bonds. The van der Waals surface area contributed by atoms with Gasteiger partial charge in [0.25, 0.3) is 11.4 Å². The van der Waals surface area contributed by atoms with Crippen molar-refractivity contribution >= 4 is 16.6 Å². The van der Waals surface area contributed by atoms with Crippen molar-refractivity contribution in [3.05, 3.63) is 71.2 Å². The van der Waals surface area contributed by atoms with Crippen molar-refractivity contribution in [3.63, 3.8) is 0 Å². The van der Waals surface area contributed by atoms with Gasteiger partial charge in [-0.25, -0.2) is 9.97 Å². The maximum absolute atomic E-state index is 12.7. The number of aromatic amines is 1. The zero-order valence-electron chi connectivity index (χ0n) is 19.0. The van der Waals surface area contributed by atoms with Crippen molar-refractivity contribution in [3.8, 4) is 11.3 Å².